The van der Waals surface area contributed by atoms with Crippen molar-refractivity contribution in [2.24, 2.45) is 0 Å². The predicted octanol–water partition coefficient (Wildman–Crippen LogP) is 2.08. The lowest BCUT2D eigenvalue weighted by molar-refractivity contribution is 0.423. The largest absolute Gasteiger partial charge is 0.332 e. The molecular weight excluding hydrogens is 314 g/mol. The third-order valence-corrected chi connectivity index (χ3v) is 3.44. The molecule has 0 radical (unpaired) electrons. The maximum absolute atomic E-state index is 13.7. The lowest BCUT2D eigenvalue weighted by atomic mass is 10.3. The fourth-order valence-corrected chi connectivity index (χ4v) is 2.35. The van der Waals surface area contributed by atoms with Gasteiger partial charge >= 0.3 is 0 Å². The van der Waals surface area contributed by atoms with Crippen LogP contribution in [0.15, 0.2) is 35.0 Å². The fraction of sp³-hybridized carbons (Fsp3) is 0.154. The van der Waals surface area contributed by atoms with E-state index < -0.39 is 22.4 Å². The van der Waals surface area contributed by atoms with E-state index in [4.69, 9.17) is 4.52 Å². The van der Waals surface area contributed by atoms with Crippen molar-refractivity contribution in [3.8, 4) is 17.3 Å². The summed E-state index contributed by atoms with van der Waals surface area (Å²) in [5.41, 5.74) is -0.0218. The van der Waals surface area contributed by atoms with Crippen molar-refractivity contribution >= 4 is 10.8 Å². The quantitative estimate of drug-likeness (QED) is 0.734. The van der Waals surface area contributed by atoms with Gasteiger partial charge < -0.3 is 4.52 Å². The van der Waals surface area contributed by atoms with Gasteiger partial charge in [0, 0.05) is 23.3 Å². The first-order chi connectivity index (χ1) is 10.5. The zero-order chi connectivity index (χ0) is 15.7. The Morgan fingerprint density at radius 2 is 2.00 bits per heavy atom. The van der Waals surface area contributed by atoms with Gasteiger partial charge in [0.2, 0.25) is 0 Å². The third-order valence-electron chi connectivity index (χ3n) is 2.78. The summed E-state index contributed by atoms with van der Waals surface area (Å²) in [6.07, 6.45) is 2.91. The zero-order valence-electron chi connectivity index (χ0n) is 11.4. The topological polar surface area (TPSA) is 73.8 Å². The molecule has 22 heavy (non-hydrogen) atoms. The molecule has 0 aliphatic carbocycles. The summed E-state index contributed by atoms with van der Waals surface area (Å²) < 4.78 is 44.6. The van der Waals surface area contributed by atoms with Crippen LogP contribution in [0, 0.1) is 11.6 Å². The average molecular weight is 324 g/mol. The first kappa shape index (κ1) is 14.5. The van der Waals surface area contributed by atoms with E-state index in [1.54, 1.807) is 0 Å². The second kappa shape index (κ2) is 5.76. The Labute approximate surface area is 126 Å². The van der Waals surface area contributed by atoms with Crippen molar-refractivity contribution < 1.29 is 17.5 Å². The summed E-state index contributed by atoms with van der Waals surface area (Å²) >= 11 is 0. The van der Waals surface area contributed by atoms with Gasteiger partial charge in [0.1, 0.15) is 5.69 Å². The van der Waals surface area contributed by atoms with Crippen molar-refractivity contribution in [3.63, 3.8) is 0 Å². The Kier molecular flexibility index (Phi) is 3.80. The van der Waals surface area contributed by atoms with Gasteiger partial charge in [-0.3, -0.25) is 4.21 Å². The smallest absolute Gasteiger partial charge is 0.278 e. The molecule has 0 saturated heterocycles. The summed E-state index contributed by atoms with van der Waals surface area (Å²) in [6.45, 7) is 0. The lowest BCUT2D eigenvalue weighted by Gasteiger charge is -2.03. The van der Waals surface area contributed by atoms with Crippen LogP contribution >= 0.6 is 0 Å². The summed E-state index contributed by atoms with van der Waals surface area (Å²) in [5.74, 6) is -0.936. The maximum atomic E-state index is 13.7. The Balaban J connectivity index is 1.94. The number of benzene rings is 1. The molecule has 9 heteroatoms. The number of hydrogen-bond donors (Lipinski definition) is 0. The number of para-hydroxylation sites is 1. The molecular formula is C13H10F2N4O2S. The minimum Gasteiger partial charge on any atom is -0.332 e. The predicted molar refractivity (Wildman–Crippen MR) is 74.5 cm³/mol. The molecule has 1 unspecified atom stereocenters. The standard InChI is InChI=1S/C13H10F2N4O2S/c1-22(20)7-11-16-13(21-18-11)10-5-6-19(17-10)12-8(14)3-2-4-9(12)15/h2-6H,7H2,1H3. The van der Waals surface area contributed by atoms with E-state index in [1.165, 1.54) is 24.6 Å². The van der Waals surface area contributed by atoms with Crippen LogP contribution in [0.4, 0.5) is 8.78 Å². The van der Waals surface area contributed by atoms with Crippen molar-refractivity contribution in [1.29, 1.82) is 0 Å². The summed E-state index contributed by atoms with van der Waals surface area (Å²) in [5, 5.41) is 7.70. The van der Waals surface area contributed by atoms with Crippen LogP contribution in [0.2, 0.25) is 0 Å². The first-order valence-electron chi connectivity index (χ1n) is 6.17. The molecule has 0 spiro atoms. The van der Waals surface area contributed by atoms with Crippen molar-refractivity contribution in [2.45, 2.75) is 5.75 Å². The second-order valence-corrected chi connectivity index (χ2v) is 5.88. The lowest BCUT2D eigenvalue weighted by Crippen LogP contribution is -2.02. The van der Waals surface area contributed by atoms with Gasteiger partial charge in [-0.25, -0.2) is 13.5 Å². The molecule has 114 valence electrons. The van der Waals surface area contributed by atoms with Crippen LogP contribution in [0.25, 0.3) is 17.3 Å². The fourth-order valence-electron chi connectivity index (χ4n) is 1.87. The van der Waals surface area contributed by atoms with Crippen LogP contribution in [-0.4, -0.2) is 30.4 Å². The number of hydrogen-bond acceptors (Lipinski definition) is 5. The third kappa shape index (κ3) is 2.80. The number of rotatable bonds is 4. The normalized spacial score (nSPS) is 12.5. The summed E-state index contributed by atoms with van der Waals surface area (Å²) in [4.78, 5) is 4.04. The number of halogens is 2. The van der Waals surface area contributed by atoms with Crippen LogP contribution < -0.4 is 0 Å². The highest BCUT2D eigenvalue weighted by molar-refractivity contribution is 7.83. The molecule has 3 rings (SSSR count). The Hall–Kier alpha value is -2.42. The van der Waals surface area contributed by atoms with Gasteiger partial charge in [-0.2, -0.15) is 10.1 Å². The van der Waals surface area contributed by atoms with E-state index in [-0.39, 0.29) is 28.8 Å². The molecule has 0 amide bonds. The second-order valence-electron chi connectivity index (χ2n) is 4.45. The van der Waals surface area contributed by atoms with E-state index in [0.29, 0.717) is 0 Å². The van der Waals surface area contributed by atoms with Gasteiger partial charge in [-0.15, -0.1) is 0 Å². The highest BCUT2D eigenvalue weighted by Gasteiger charge is 2.16. The minimum absolute atomic E-state index is 0.0935. The van der Waals surface area contributed by atoms with Crippen molar-refractivity contribution in [2.75, 3.05) is 6.26 Å². The van der Waals surface area contributed by atoms with E-state index in [0.717, 1.165) is 16.8 Å². The molecule has 1 atom stereocenters. The molecule has 0 aliphatic heterocycles. The Morgan fingerprint density at radius 1 is 1.27 bits per heavy atom. The zero-order valence-corrected chi connectivity index (χ0v) is 12.2. The molecule has 1 aromatic carbocycles. The van der Waals surface area contributed by atoms with Crippen LogP contribution in [-0.2, 0) is 16.6 Å². The van der Waals surface area contributed by atoms with Crippen LogP contribution in [0.5, 0.6) is 0 Å². The first-order valence-corrected chi connectivity index (χ1v) is 7.90. The maximum Gasteiger partial charge on any atom is 0.278 e. The van der Waals surface area contributed by atoms with E-state index in [2.05, 4.69) is 15.2 Å². The SMILES string of the molecule is CS(=O)Cc1noc(-c2ccn(-c3c(F)cccc3F)n2)n1. The highest BCUT2D eigenvalue weighted by atomic mass is 32.2. The molecule has 3 aromatic rings. The number of aromatic nitrogens is 4. The molecule has 0 saturated carbocycles. The summed E-state index contributed by atoms with van der Waals surface area (Å²) in [7, 11) is -1.10. The van der Waals surface area contributed by atoms with E-state index in [1.807, 2.05) is 0 Å². The average Bonchev–Trinajstić information content (AvgIpc) is 3.07. The molecule has 0 fully saturated rings. The van der Waals surface area contributed by atoms with Crippen molar-refractivity contribution in [1.82, 2.24) is 19.9 Å². The molecule has 0 bridgehead atoms. The van der Waals surface area contributed by atoms with Gasteiger partial charge in [0.25, 0.3) is 5.89 Å². The van der Waals surface area contributed by atoms with Crippen molar-refractivity contribution in [3.05, 3.63) is 47.9 Å². The monoisotopic (exact) mass is 324 g/mol. The minimum atomic E-state index is -1.10. The van der Waals surface area contributed by atoms with Gasteiger partial charge in [-0.05, 0) is 18.2 Å². The molecule has 2 aromatic heterocycles. The van der Waals surface area contributed by atoms with E-state index in [9.17, 15) is 13.0 Å². The Bertz CT molecular complexity index is 826. The molecule has 0 N–H and O–H groups in total. The molecule has 6 nitrogen and oxygen atoms in total. The van der Waals surface area contributed by atoms with Gasteiger partial charge in [0.15, 0.2) is 23.2 Å². The highest BCUT2D eigenvalue weighted by Crippen LogP contribution is 2.20. The molecule has 0 aliphatic rings. The van der Waals surface area contributed by atoms with Gasteiger partial charge in [0.05, 0.1) is 5.75 Å². The van der Waals surface area contributed by atoms with Gasteiger partial charge in [-0.1, -0.05) is 11.2 Å². The molecule has 2 heterocycles. The Morgan fingerprint density at radius 3 is 2.68 bits per heavy atom. The number of nitrogens with zero attached hydrogens (tertiary/aromatic N) is 4. The van der Waals surface area contributed by atoms with Crippen LogP contribution in [0.3, 0.4) is 0 Å². The van der Waals surface area contributed by atoms with E-state index >= 15 is 0 Å². The van der Waals surface area contributed by atoms with Crippen LogP contribution in [0.1, 0.15) is 5.82 Å². The summed E-state index contributed by atoms with van der Waals surface area (Å²) in [6, 6.07) is 5.04.